The maximum Gasteiger partial charge on any atom is 0.446 e. The van der Waals surface area contributed by atoms with Crippen LogP contribution < -0.4 is 20.7 Å². The van der Waals surface area contributed by atoms with E-state index in [9.17, 15) is 22.1 Å². The van der Waals surface area contributed by atoms with E-state index in [0.29, 0.717) is 16.7 Å². The third-order valence-corrected chi connectivity index (χ3v) is 8.45. The molecular weight excluding hydrogens is 553 g/mol. The van der Waals surface area contributed by atoms with E-state index in [2.05, 4.69) is 27.6 Å². The highest BCUT2D eigenvalue weighted by atomic mass is 32.2. The Kier molecular flexibility index (Phi) is 7.54. The zero-order valence-corrected chi connectivity index (χ0v) is 23.2. The predicted molar refractivity (Wildman–Crippen MR) is 149 cm³/mol. The standard InChI is InChI=1S/C26H30F4N5O2PS/c1-34-14-12-19(18(27)16-34)32-24-9-5-8-22-25(39-26(28,29)30)21(33-35(22)24)7-6-13-31-20-11-10-17(38(3,4)36)15-23(20)37-2/h5,8-11,15,18-19,31-32H,12-14,16H2,1-4H3/t18-,19+/m0/s1/i1D3. The summed E-state index contributed by atoms with van der Waals surface area (Å²) in [5, 5.41) is 11.0. The lowest BCUT2D eigenvalue weighted by molar-refractivity contribution is -0.0327. The average molecular weight is 587 g/mol. The minimum Gasteiger partial charge on any atom is -0.495 e. The molecule has 39 heavy (non-hydrogen) atoms. The molecule has 2 aromatic heterocycles. The van der Waals surface area contributed by atoms with Gasteiger partial charge in [-0.05, 0) is 74.7 Å². The van der Waals surface area contributed by atoms with E-state index in [4.69, 9.17) is 8.85 Å². The zero-order valence-electron chi connectivity index (χ0n) is 24.5. The number of aromatic nitrogens is 2. The number of pyridine rings is 1. The molecule has 13 heteroatoms. The lowest BCUT2D eigenvalue weighted by Crippen LogP contribution is -2.46. The van der Waals surface area contributed by atoms with Gasteiger partial charge in [-0.2, -0.15) is 18.3 Å². The molecule has 210 valence electrons. The Balaban J connectivity index is 1.58. The van der Waals surface area contributed by atoms with E-state index in [1.807, 2.05) is 0 Å². The number of nitrogens with one attached hydrogen (secondary N) is 2. The Morgan fingerprint density at radius 2 is 2.10 bits per heavy atom. The van der Waals surface area contributed by atoms with Crippen LogP contribution in [0, 0.1) is 11.8 Å². The molecule has 0 radical (unpaired) electrons. The highest BCUT2D eigenvalue weighted by Gasteiger charge is 2.33. The first-order valence-corrected chi connectivity index (χ1v) is 15.4. The van der Waals surface area contributed by atoms with Crippen LogP contribution in [-0.2, 0) is 4.57 Å². The van der Waals surface area contributed by atoms with Crippen molar-refractivity contribution in [3.8, 4) is 17.6 Å². The van der Waals surface area contributed by atoms with Crippen molar-refractivity contribution in [2.24, 2.45) is 0 Å². The first kappa shape index (κ1) is 25.1. The number of halogens is 4. The van der Waals surface area contributed by atoms with E-state index in [1.54, 1.807) is 37.6 Å². The third kappa shape index (κ3) is 7.21. The van der Waals surface area contributed by atoms with Crippen LogP contribution in [0.1, 0.15) is 16.2 Å². The first-order chi connectivity index (χ1) is 19.6. The number of alkyl halides is 4. The summed E-state index contributed by atoms with van der Waals surface area (Å²) in [6.45, 7) is 0.759. The fraction of sp³-hybridized carbons (Fsp3) is 0.423. The highest BCUT2D eigenvalue weighted by Crippen LogP contribution is 2.41. The van der Waals surface area contributed by atoms with Gasteiger partial charge in [-0.25, -0.2) is 8.91 Å². The Morgan fingerprint density at radius 1 is 1.31 bits per heavy atom. The first-order valence-electron chi connectivity index (χ1n) is 13.5. The van der Waals surface area contributed by atoms with Crippen LogP contribution in [0.2, 0.25) is 0 Å². The van der Waals surface area contributed by atoms with E-state index in [1.165, 1.54) is 23.8 Å². The van der Waals surface area contributed by atoms with Gasteiger partial charge in [-0.15, -0.1) is 0 Å². The maximum absolute atomic E-state index is 14.9. The van der Waals surface area contributed by atoms with E-state index in [-0.39, 0.29) is 59.7 Å². The molecule has 0 aliphatic carbocycles. The largest absolute Gasteiger partial charge is 0.495 e. The number of thioether (sulfide) groups is 1. The van der Waals surface area contributed by atoms with Crippen molar-refractivity contribution in [3.05, 3.63) is 42.1 Å². The quantitative estimate of drug-likeness (QED) is 0.172. The summed E-state index contributed by atoms with van der Waals surface area (Å²) in [5.74, 6) is 6.21. The maximum atomic E-state index is 14.9. The number of fused-ring (bicyclic) bond motifs is 1. The van der Waals surface area contributed by atoms with E-state index < -0.39 is 31.8 Å². The number of hydrogen-bond donors (Lipinski definition) is 2. The fourth-order valence-electron chi connectivity index (χ4n) is 4.14. The second-order valence-electron chi connectivity index (χ2n) is 9.33. The fourth-order valence-corrected chi connectivity index (χ4v) is 5.68. The Morgan fingerprint density at radius 3 is 2.77 bits per heavy atom. The second kappa shape index (κ2) is 11.7. The molecule has 3 heterocycles. The van der Waals surface area contributed by atoms with Crippen molar-refractivity contribution in [3.63, 3.8) is 0 Å². The SMILES string of the molecule is [2H]C([2H])([2H])N1CC[C@@H](Nc2cccc3c(SC(F)(F)F)c(C#CCNc4ccc(P(C)(C)=O)cc4OC)nn23)[C@@H](F)C1. The summed E-state index contributed by atoms with van der Waals surface area (Å²) >= 11 is -0.338. The molecule has 0 saturated carbocycles. The molecule has 1 aromatic carbocycles. The number of hydrogen-bond acceptors (Lipinski definition) is 7. The number of benzene rings is 1. The minimum atomic E-state index is -4.61. The van der Waals surface area contributed by atoms with Crippen molar-refractivity contribution in [1.82, 2.24) is 14.5 Å². The van der Waals surface area contributed by atoms with E-state index in [0.717, 1.165) is 4.90 Å². The molecule has 2 atom stereocenters. The normalized spacial score (nSPS) is 19.9. The molecule has 1 fully saturated rings. The summed E-state index contributed by atoms with van der Waals surface area (Å²) in [5.41, 5.74) is -4.01. The number of likely N-dealkylation sites (tertiary alicyclic amines) is 1. The van der Waals surface area contributed by atoms with Gasteiger partial charge in [0.1, 0.15) is 30.6 Å². The zero-order chi connectivity index (χ0) is 30.9. The summed E-state index contributed by atoms with van der Waals surface area (Å²) < 4.78 is 97.0. The predicted octanol–water partition coefficient (Wildman–Crippen LogP) is 5.12. The number of ether oxygens (including phenoxy) is 1. The third-order valence-electron chi connectivity index (χ3n) is 6.09. The van der Waals surface area contributed by atoms with Crippen LogP contribution in [0.3, 0.4) is 0 Å². The lowest BCUT2D eigenvalue weighted by atomic mass is 10.0. The summed E-state index contributed by atoms with van der Waals surface area (Å²) in [7, 11) is -1.04. The topological polar surface area (TPSA) is 70.9 Å². The van der Waals surface area contributed by atoms with Gasteiger partial charge in [-0.3, -0.25) is 0 Å². The number of nitrogens with zero attached hydrogens (tertiary/aromatic N) is 3. The van der Waals surface area contributed by atoms with Crippen molar-refractivity contribution in [1.29, 1.82) is 0 Å². The van der Waals surface area contributed by atoms with Gasteiger partial charge >= 0.3 is 5.51 Å². The Bertz CT molecular complexity index is 1550. The second-order valence-corrected chi connectivity index (χ2v) is 13.6. The molecule has 3 aromatic rings. The van der Waals surface area contributed by atoms with Crippen molar-refractivity contribution < 1.29 is 31.0 Å². The van der Waals surface area contributed by atoms with Gasteiger partial charge in [0, 0.05) is 22.5 Å². The molecule has 0 spiro atoms. The number of piperidine rings is 1. The van der Waals surface area contributed by atoms with Crippen LogP contribution in [0.4, 0.5) is 29.1 Å². The monoisotopic (exact) mass is 586 g/mol. The van der Waals surface area contributed by atoms with Crippen molar-refractivity contribution in [2.45, 2.75) is 29.0 Å². The molecule has 2 N–H and O–H groups in total. The highest BCUT2D eigenvalue weighted by molar-refractivity contribution is 8.00. The van der Waals surface area contributed by atoms with Gasteiger partial charge in [0.15, 0.2) is 0 Å². The Hall–Kier alpha value is -2.87. The van der Waals surface area contributed by atoms with Gasteiger partial charge < -0.3 is 24.8 Å². The molecule has 7 nitrogen and oxygen atoms in total. The van der Waals surface area contributed by atoms with Crippen LogP contribution in [0.15, 0.2) is 41.3 Å². The van der Waals surface area contributed by atoms with Crippen LogP contribution in [0.5, 0.6) is 5.75 Å². The van der Waals surface area contributed by atoms with Crippen molar-refractivity contribution in [2.75, 3.05) is 57.7 Å². The average Bonchev–Trinajstić information content (AvgIpc) is 3.23. The van der Waals surface area contributed by atoms with Crippen LogP contribution in [0.25, 0.3) is 5.52 Å². The molecule has 4 rings (SSSR count). The number of methoxy groups -OCH3 is 1. The van der Waals surface area contributed by atoms with Crippen LogP contribution in [-0.4, -0.2) is 79.3 Å². The van der Waals surface area contributed by atoms with Gasteiger partial charge in [-0.1, -0.05) is 12.0 Å². The lowest BCUT2D eigenvalue weighted by Gasteiger charge is -2.33. The van der Waals surface area contributed by atoms with Gasteiger partial charge in [0.05, 0.1) is 35.8 Å². The van der Waals surface area contributed by atoms with Gasteiger partial charge in [0.25, 0.3) is 0 Å². The molecule has 1 aliphatic rings. The number of rotatable bonds is 7. The molecule has 0 unspecified atom stereocenters. The number of anilines is 2. The van der Waals surface area contributed by atoms with Gasteiger partial charge in [0.2, 0.25) is 0 Å². The van der Waals surface area contributed by atoms with Crippen LogP contribution >= 0.6 is 18.9 Å². The molecular formula is C26H30F4N5O2PS. The molecule has 0 bridgehead atoms. The molecule has 1 saturated heterocycles. The molecule has 1 aliphatic heterocycles. The molecule has 0 amide bonds. The summed E-state index contributed by atoms with van der Waals surface area (Å²) in [4.78, 5) is 0.886. The Labute approximate surface area is 233 Å². The minimum absolute atomic E-state index is 0.0479. The smallest absolute Gasteiger partial charge is 0.446 e. The summed E-state index contributed by atoms with van der Waals surface area (Å²) in [6, 6.07) is 8.88. The van der Waals surface area contributed by atoms with Crippen molar-refractivity contribution >= 4 is 41.2 Å². The van der Waals surface area contributed by atoms with E-state index >= 15 is 0 Å². The summed E-state index contributed by atoms with van der Waals surface area (Å²) in [6.07, 6.45) is -1.34.